The number of fused-ring (bicyclic) bond motifs is 1. The van der Waals surface area contributed by atoms with Crippen LogP contribution in [-0.4, -0.2) is 6.61 Å². The molecule has 0 atom stereocenters. The highest BCUT2D eigenvalue weighted by atomic mass is 32.2. The summed E-state index contributed by atoms with van der Waals surface area (Å²) >= 11 is 3.26. The van der Waals surface area contributed by atoms with Crippen LogP contribution in [0.2, 0.25) is 0 Å². The summed E-state index contributed by atoms with van der Waals surface area (Å²) in [4.78, 5) is 1.31. The van der Waals surface area contributed by atoms with Crippen molar-refractivity contribution < 1.29 is 4.18 Å². The number of rotatable bonds is 0. The Labute approximate surface area is 62.2 Å². The molecule has 0 bridgehead atoms. The average Bonchev–Trinajstić information content (AvgIpc) is 2.33. The van der Waals surface area contributed by atoms with Crippen molar-refractivity contribution in [2.45, 2.75) is 11.3 Å². The molecule has 1 aliphatic heterocycles. The molecular formula is C6H6OS2. The fourth-order valence-corrected chi connectivity index (χ4v) is 2.54. The molecule has 0 aliphatic carbocycles. The predicted octanol–water partition coefficient (Wildman–Crippen LogP) is 2.33. The first-order valence-corrected chi connectivity index (χ1v) is 4.50. The quantitative estimate of drug-likeness (QED) is 0.536. The smallest absolute Gasteiger partial charge is 0.0659 e. The zero-order chi connectivity index (χ0) is 6.10. The summed E-state index contributed by atoms with van der Waals surface area (Å²) in [5, 5.41) is 4.34. The van der Waals surface area contributed by atoms with Gasteiger partial charge in [-0.25, -0.2) is 0 Å². The molecule has 1 aromatic rings. The van der Waals surface area contributed by atoms with E-state index in [1.807, 2.05) is 0 Å². The van der Waals surface area contributed by atoms with Gasteiger partial charge >= 0.3 is 0 Å². The molecular weight excluding hydrogens is 152 g/mol. The van der Waals surface area contributed by atoms with E-state index in [-0.39, 0.29) is 0 Å². The van der Waals surface area contributed by atoms with Crippen LogP contribution < -0.4 is 0 Å². The molecule has 0 spiro atoms. The van der Waals surface area contributed by atoms with E-state index in [4.69, 9.17) is 4.18 Å². The van der Waals surface area contributed by atoms with Crippen LogP contribution in [0.15, 0.2) is 15.7 Å². The summed E-state index contributed by atoms with van der Waals surface area (Å²) < 4.78 is 5.18. The molecule has 48 valence electrons. The Morgan fingerprint density at radius 1 is 1.44 bits per heavy atom. The normalized spacial score (nSPS) is 17.3. The lowest BCUT2D eigenvalue weighted by Gasteiger charge is -2.08. The SMILES string of the molecule is c1scc2c1CCOS2. The summed E-state index contributed by atoms with van der Waals surface area (Å²) in [6, 6.07) is 0. The van der Waals surface area contributed by atoms with Crippen LogP contribution in [0.5, 0.6) is 0 Å². The van der Waals surface area contributed by atoms with Crippen molar-refractivity contribution in [1.29, 1.82) is 0 Å². The number of hydrogen-bond acceptors (Lipinski definition) is 3. The van der Waals surface area contributed by atoms with E-state index < -0.39 is 0 Å². The first-order valence-electron chi connectivity index (χ1n) is 2.81. The van der Waals surface area contributed by atoms with Gasteiger partial charge in [0, 0.05) is 22.3 Å². The fourth-order valence-electron chi connectivity index (χ4n) is 0.824. The minimum atomic E-state index is 0.869. The Morgan fingerprint density at radius 2 is 2.44 bits per heavy atom. The number of thiophene rings is 1. The Morgan fingerprint density at radius 3 is 3.33 bits per heavy atom. The fraction of sp³-hybridized carbons (Fsp3) is 0.333. The molecule has 3 heteroatoms. The molecule has 0 saturated carbocycles. The summed E-state index contributed by atoms with van der Waals surface area (Å²) in [7, 11) is 0. The second kappa shape index (κ2) is 2.33. The molecule has 0 fully saturated rings. The second-order valence-electron chi connectivity index (χ2n) is 1.92. The third-order valence-corrected chi connectivity index (χ3v) is 3.09. The summed E-state index contributed by atoms with van der Waals surface area (Å²) in [6.07, 6.45) is 1.09. The van der Waals surface area contributed by atoms with E-state index >= 15 is 0 Å². The van der Waals surface area contributed by atoms with Gasteiger partial charge in [-0.15, -0.1) is 0 Å². The van der Waals surface area contributed by atoms with E-state index in [1.54, 1.807) is 11.3 Å². The largest absolute Gasteiger partial charge is 0.310 e. The highest BCUT2D eigenvalue weighted by molar-refractivity contribution is 7.94. The molecule has 0 saturated heterocycles. The van der Waals surface area contributed by atoms with Crippen LogP contribution in [0.3, 0.4) is 0 Å². The topological polar surface area (TPSA) is 9.23 Å². The average molecular weight is 158 g/mol. The predicted molar refractivity (Wildman–Crippen MR) is 39.8 cm³/mol. The maximum Gasteiger partial charge on any atom is 0.0659 e. The van der Waals surface area contributed by atoms with Gasteiger partial charge in [0.25, 0.3) is 0 Å². The first kappa shape index (κ1) is 5.77. The van der Waals surface area contributed by atoms with E-state index in [0.717, 1.165) is 13.0 Å². The molecule has 9 heavy (non-hydrogen) atoms. The van der Waals surface area contributed by atoms with E-state index in [9.17, 15) is 0 Å². The molecule has 1 nitrogen and oxygen atoms in total. The molecule has 1 aliphatic rings. The van der Waals surface area contributed by atoms with E-state index in [1.165, 1.54) is 22.5 Å². The van der Waals surface area contributed by atoms with Crippen LogP contribution in [0.4, 0.5) is 0 Å². The third kappa shape index (κ3) is 1.000. The molecule has 1 aromatic heterocycles. The van der Waals surface area contributed by atoms with Crippen LogP contribution in [0, 0.1) is 0 Å². The standard InChI is InChI=1S/C6H6OS2/c1-2-7-9-6-4-8-3-5(1)6/h3-4H,1-2H2. The minimum Gasteiger partial charge on any atom is -0.310 e. The maximum atomic E-state index is 5.18. The van der Waals surface area contributed by atoms with Gasteiger partial charge in [-0.05, 0) is 17.4 Å². The van der Waals surface area contributed by atoms with Crippen molar-refractivity contribution in [1.82, 2.24) is 0 Å². The van der Waals surface area contributed by atoms with E-state index in [0.29, 0.717) is 0 Å². The van der Waals surface area contributed by atoms with Gasteiger partial charge in [-0.3, -0.25) is 0 Å². The van der Waals surface area contributed by atoms with Gasteiger partial charge in [0.2, 0.25) is 0 Å². The van der Waals surface area contributed by atoms with Crippen LogP contribution >= 0.6 is 23.4 Å². The van der Waals surface area contributed by atoms with Gasteiger partial charge < -0.3 is 4.18 Å². The summed E-state index contributed by atoms with van der Waals surface area (Å²) in [5.41, 5.74) is 1.45. The maximum absolute atomic E-state index is 5.18. The number of hydrogen-bond donors (Lipinski definition) is 0. The van der Waals surface area contributed by atoms with E-state index in [2.05, 4.69) is 10.8 Å². The lowest BCUT2D eigenvalue weighted by molar-refractivity contribution is 0.368. The Kier molecular flexibility index (Phi) is 1.49. The second-order valence-corrected chi connectivity index (χ2v) is 3.50. The lowest BCUT2D eigenvalue weighted by Crippen LogP contribution is -1.98. The first-order chi connectivity index (χ1) is 4.47. The third-order valence-electron chi connectivity index (χ3n) is 1.31. The molecule has 0 N–H and O–H groups in total. The van der Waals surface area contributed by atoms with Crippen molar-refractivity contribution in [3.8, 4) is 0 Å². The van der Waals surface area contributed by atoms with Crippen molar-refractivity contribution in [3.05, 3.63) is 16.3 Å². The zero-order valence-electron chi connectivity index (χ0n) is 4.79. The molecule has 0 radical (unpaired) electrons. The minimum absolute atomic E-state index is 0.869. The molecule has 0 amide bonds. The van der Waals surface area contributed by atoms with Crippen molar-refractivity contribution in [3.63, 3.8) is 0 Å². The van der Waals surface area contributed by atoms with Crippen molar-refractivity contribution in [2.75, 3.05) is 6.61 Å². The van der Waals surface area contributed by atoms with Crippen LogP contribution in [0.1, 0.15) is 5.56 Å². The van der Waals surface area contributed by atoms with Gasteiger partial charge in [-0.2, -0.15) is 11.3 Å². The van der Waals surface area contributed by atoms with Gasteiger partial charge in [0.05, 0.1) is 6.61 Å². The highest BCUT2D eigenvalue weighted by Gasteiger charge is 2.09. The Hall–Kier alpha value is 0.01000. The van der Waals surface area contributed by atoms with Crippen molar-refractivity contribution in [2.24, 2.45) is 0 Å². The summed E-state index contributed by atoms with van der Waals surface area (Å²) in [6.45, 7) is 0.869. The highest BCUT2D eigenvalue weighted by Crippen LogP contribution is 2.31. The van der Waals surface area contributed by atoms with Crippen molar-refractivity contribution >= 4 is 23.4 Å². The lowest BCUT2D eigenvalue weighted by atomic mass is 10.2. The monoisotopic (exact) mass is 158 g/mol. The van der Waals surface area contributed by atoms with Gasteiger partial charge in [0.15, 0.2) is 0 Å². The zero-order valence-corrected chi connectivity index (χ0v) is 6.43. The molecule has 2 heterocycles. The molecule has 2 rings (SSSR count). The van der Waals surface area contributed by atoms with Crippen LogP contribution in [0.25, 0.3) is 0 Å². The molecule has 0 unspecified atom stereocenters. The van der Waals surface area contributed by atoms with Gasteiger partial charge in [-0.1, -0.05) is 0 Å². The Balaban J connectivity index is 2.39. The Bertz CT molecular complexity index is 186. The summed E-state index contributed by atoms with van der Waals surface area (Å²) in [5.74, 6) is 0. The van der Waals surface area contributed by atoms with Gasteiger partial charge in [0.1, 0.15) is 0 Å². The molecule has 0 aromatic carbocycles. The van der Waals surface area contributed by atoms with Crippen LogP contribution in [-0.2, 0) is 10.6 Å².